The molecule has 5 nitrogen and oxygen atoms in total. The second-order valence-electron chi connectivity index (χ2n) is 7.58. The van der Waals surface area contributed by atoms with Crippen molar-refractivity contribution in [1.29, 1.82) is 0 Å². The van der Waals surface area contributed by atoms with E-state index in [-0.39, 0.29) is 18.6 Å². The molecule has 0 fully saturated rings. The van der Waals surface area contributed by atoms with Crippen molar-refractivity contribution in [3.8, 4) is 0 Å². The fourth-order valence-corrected chi connectivity index (χ4v) is 3.34. The predicted octanol–water partition coefficient (Wildman–Crippen LogP) is 5.33. The normalized spacial score (nSPS) is 11.5. The monoisotopic (exact) mass is 433 g/mol. The summed E-state index contributed by atoms with van der Waals surface area (Å²) < 4.78 is 18.5. The third-order valence-electron chi connectivity index (χ3n) is 4.80. The van der Waals surface area contributed by atoms with Gasteiger partial charge in [0.15, 0.2) is 5.78 Å². The van der Waals surface area contributed by atoms with E-state index in [1.165, 1.54) is 24.3 Å². The molecule has 0 spiro atoms. The molecule has 0 heterocycles. The average molecular weight is 433 g/mol. The van der Waals surface area contributed by atoms with Gasteiger partial charge in [-0.2, -0.15) is 0 Å². The Kier molecular flexibility index (Phi) is 7.49. The van der Waals surface area contributed by atoms with Gasteiger partial charge in [-0.25, -0.2) is 4.39 Å². The largest absolute Gasteiger partial charge is 0.447 e. The zero-order valence-corrected chi connectivity index (χ0v) is 17.9. The molecule has 0 aliphatic heterocycles. The van der Waals surface area contributed by atoms with Crippen LogP contribution >= 0.6 is 0 Å². The zero-order chi connectivity index (χ0) is 23.1. The summed E-state index contributed by atoms with van der Waals surface area (Å²) in [5.41, 5.74) is 3.43. The van der Waals surface area contributed by atoms with Crippen molar-refractivity contribution in [2.24, 2.45) is 0 Å². The number of Topliss-reactive ketones (excluding diaryl/α,β-unsaturated/α-hetero) is 1. The minimum absolute atomic E-state index is 0.106. The number of hydrogen-bond donors (Lipinski definition) is 1. The van der Waals surface area contributed by atoms with E-state index >= 15 is 0 Å². The Morgan fingerprint density at radius 2 is 1.50 bits per heavy atom. The molecule has 0 radical (unpaired) electrons. The molecule has 1 atom stereocenters. The summed E-state index contributed by atoms with van der Waals surface area (Å²) in [6.07, 6.45) is -1.47. The second kappa shape index (κ2) is 10.5. The highest BCUT2D eigenvalue weighted by molar-refractivity contribution is 5.98. The number of anilines is 1. The quantitative estimate of drug-likeness (QED) is 0.385. The molecule has 3 aromatic carbocycles. The molecule has 164 valence electrons. The van der Waals surface area contributed by atoms with Crippen LogP contribution in [0.1, 0.15) is 46.0 Å². The van der Waals surface area contributed by atoms with Gasteiger partial charge >= 0.3 is 5.97 Å². The number of amides is 1. The molecule has 0 aromatic heterocycles. The maximum atomic E-state index is 13.0. The van der Waals surface area contributed by atoms with E-state index in [4.69, 9.17) is 4.74 Å². The van der Waals surface area contributed by atoms with Gasteiger partial charge in [0.1, 0.15) is 5.82 Å². The highest BCUT2D eigenvalue weighted by atomic mass is 19.1. The van der Waals surface area contributed by atoms with Crippen molar-refractivity contribution < 1.29 is 23.5 Å². The van der Waals surface area contributed by atoms with Crippen LogP contribution in [0.2, 0.25) is 0 Å². The van der Waals surface area contributed by atoms with Gasteiger partial charge in [0.25, 0.3) is 5.91 Å². The first-order valence-corrected chi connectivity index (χ1v) is 10.2. The molecule has 0 saturated heterocycles. The maximum Gasteiger partial charge on any atom is 0.307 e. The Morgan fingerprint density at radius 1 is 0.875 bits per heavy atom. The van der Waals surface area contributed by atoms with Crippen molar-refractivity contribution in [3.63, 3.8) is 0 Å². The van der Waals surface area contributed by atoms with Crippen molar-refractivity contribution in [2.75, 3.05) is 5.32 Å². The number of esters is 1. The number of benzene rings is 3. The Labute approximate surface area is 186 Å². The van der Waals surface area contributed by atoms with Gasteiger partial charge in [-0.05, 0) is 61.4 Å². The lowest BCUT2D eigenvalue weighted by molar-refractivity contribution is -0.154. The Hall–Kier alpha value is -3.80. The lowest BCUT2D eigenvalue weighted by atomic mass is 10.1. The number of ketones is 1. The summed E-state index contributed by atoms with van der Waals surface area (Å²) in [6.45, 7) is 3.85. The van der Waals surface area contributed by atoms with Crippen LogP contribution in [-0.2, 0) is 14.3 Å². The van der Waals surface area contributed by atoms with Gasteiger partial charge in [0.05, 0.1) is 6.42 Å². The number of ether oxygens (including phenoxy) is 1. The number of aryl methyl sites for hydroxylation is 2. The lowest BCUT2D eigenvalue weighted by Gasteiger charge is -2.18. The van der Waals surface area contributed by atoms with E-state index < -0.39 is 23.8 Å². The first-order valence-electron chi connectivity index (χ1n) is 10.2. The summed E-state index contributed by atoms with van der Waals surface area (Å²) >= 11 is 0. The van der Waals surface area contributed by atoms with Crippen molar-refractivity contribution in [1.82, 2.24) is 0 Å². The summed E-state index contributed by atoms with van der Waals surface area (Å²) in [4.78, 5) is 37.7. The number of halogens is 1. The van der Waals surface area contributed by atoms with Gasteiger partial charge in [-0.15, -0.1) is 0 Å². The van der Waals surface area contributed by atoms with Crippen LogP contribution < -0.4 is 5.32 Å². The topological polar surface area (TPSA) is 72.5 Å². The molecule has 1 N–H and O–H groups in total. The molecular formula is C26H24FNO4. The highest BCUT2D eigenvalue weighted by Gasteiger charge is 2.25. The number of rotatable bonds is 8. The molecule has 32 heavy (non-hydrogen) atoms. The van der Waals surface area contributed by atoms with Crippen LogP contribution in [0, 0.1) is 19.7 Å². The third kappa shape index (κ3) is 6.35. The maximum absolute atomic E-state index is 13.0. The Bertz CT molecular complexity index is 1090. The predicted molar refractivity (Wildman–Crippen MR) is 120 cm³/mol. The molecule has 3 rings (SSSR count). The lowest BCUT2D eigenvalue weighted by Crippen LogP contribution is -2.26. The van der Waals surface area contributed by atoms with Crippen LogP contribution in [0.25, 0.3) is 0 Å². The number of carbonyl (C=O) groups excluding carboxylic acids is 3. The fraction of sp³-hybridized carbons (Fsp3) is 0.192. The van der Waals surface area contributed by atoms with Gasteiger partial charge < -0.3 is 10.1 Å². The summed E-state index contributed by atoms with van der Waals surface area (Å²) in [6, 6.07) is 19.4. The molecule has 0 bridgehead atoms. The van der Waals surface area contributed by atoms with E-state index in [9.17, 15) is 18.8 Å². The SMILES string of the molecule is Cc1cc(C)cc(NC(=O)[C@@H](OC(=O)CCC(=O)c2ccc(F)cc2)c2ccccc2)c1. The second-order valence-corrected chi connectivity index (χ2v) is 7.58. The molecule has 6 heteroatoms. The van der Waals surface area contributed by atoms with Gasteiger partial charge in [0.2, 0.25) is 6.10 Å². The van der Waals surface area contributed by atoms with E-state index in [1.54, 1.807) is 30.3 Å². The minimum Gasteiger partial charge on any atom is -0.447 e. The molecule has 0 aliphatic rings. The molecular weight excluding hydrogens is 409 g/mol. The fourth-order valence-electron chi connectivity index (χ4n) is 3.34. The number of nitrogens with one attached hydrogen (secondary N) is 1. The summed E-state index contributed by atoms with van der Waals surface area (Å²) in [5, 5.41) is 2.80. The molecule has 0 saturated carbocycles. The van der Waals surface area contributed by atoms with Crippen LogP contribution in [0.3, 0.4) is 0 Å². The van der Waals surface area contributed by atoms with Gasteiger partial charge in [-0.1, -0.05) is 36.4 Å². The van der Waals surface area contributed by atoms with Gasteiger partial charge in [0, 0.05) is 23.2 Å². The van der Waals surface area contributed by atoms with Crippen molar-refractivity contribution in [3.05, 3.63) is 101 Å². The number of carbonyl (C=O) groups is 3. The van der Waals surface area contributed by atoms with Crippen LogP contribution in [0.4, 0.5) is 10.1 Å². The molecule has 3 aromatic rings. The Morgan fingerprint density at radius 3 is 2.12 bits per heavy atom. The van der Waals surface area contributed by atoms with E-state index in [0.29, 0.717) is 16.8 Å². The standard InChI is InChI=1S/C26H24FNO4/c1-17-14-18(2)16-22(15-17)28-26(31)25(20-6-4-3-5-7-20)32-24(30)13-12-23(29)19-8-10-21(27)11-9-19/h3-11,14-16,25H,12-13H2,1-2H3,(H,28,31)/t25-/m0/s1. The van der Waals surface area contributed by atoms with Crippen LogP contribution in [-0.4, -0.2) is 17.7 Å². The Balaban J connectivity index is 1.68. The smallest absolute Gasteiger partial charge is 0.307 e. The van der Waals surface area contributed by atoms with Crippen molar-refractivity contribution in [2.45, 2.75) is 32.8 Å². The average Bonchev–Trinajstić information content (AvgIpc) is 2.76. The first-order chi connectivity index (χ1) is 15.3. The van der Waals surface area contributed by atoms with E-state index in [2.05, 4.69) is 5.32 Å². The van der Waals surface area contributed by atoms with E-state index in [1.807, 2.05) is 32.0 Å². The van der Waals surface area contributed by atoms with Gasteiger partial charge in [-0.3, -0.25) is 14.4 Å². The molecule has 1 amide bonds. The zero-order valence-electron chi connectivity index (χ0n) is 17.9. The first kappa shape index (κ1) is 22.9. The summed E-state index contributed by atoms with van der Waals surface area (Å²) in [7, 11) is 0. The molecule has 0 unspecified atom stereocenters. The number of hydrogen-bond acceptors (Lipinski definition) is 4. The van der Waals surface area contributed by atoms with Crippen LogP contribution in [0.15, 0.2) is 72.8 Å². The minimum atomic E-state index is -1.16. The highest BCUT2D eigenvalue weighted by Crippen LogP contribution is 2.22. The molecule has 0 aliphatic carbocycles. The van der Waals surface area contributed by atoms with Crippen LogP contribution in [0.5, 0.6) is 0 Å². The van der Waals surface area contributed by atoms with Crippen molar-refractivity contribution >= 4 is 23.3 Å². The van der Waals surface area contributed by atoms with E-state index in [0.717, 1.165) is 11.1 Å². The third-order valence-corrected chi connectivity index (χ3v) is 4.80. The summed E-state index contributed by atoms with van der Waals surface area (Å²) in [5.74, 6) is -1.91.